The molecule has 0 aliphatic carbocycles. The Labute approximate surface area is 194 Å². The van der Waals surface area contributed by atoms with E-state index in [4.69, 9.17) is 19.4 Å². The Kier molecular flexibility index (Phi) is 8.02. The molecule has 34 heavy (non-hydrogen) atoms. The van der Waals surface area contributed by atoms with Gasteiger partial charge in [-0.2, -0.15) is 18.3 Å². The summed E-state index contributed by atoms with van der Waals surface area (Å²) in [6.07, 6.45) is -2.36. The SMILES string of the molecule is CC(C)C(=O)NCCC1CN(Cc2ccc3c(c2)OCO3)Cc2ccnn21.O=C(O)C(F)(F)F. The molecule has 0 bridgehead atoms. The molecular formula is C22H27F3N4O5. The van der Waals surface area contributed by atoms with Crippen molar-refractivity contribution in [1.29, 1.82) is 0 Å². The number of aromatic nitrogens is 2. The fourth-order valence-corrected chi connectivity index (χ4v) is 3.66. The van der Waals surface area contributed by atoms with Crippen LogP contribution in [0.25, 0.3) is 0 Å². The summed E-state index contributed by atoms with van der Waals surface area (Å²) in [5.74, 6) is -1.01. The lowest BCUT2D eigenvalue weighted by atomic mass is 10.1. The Morgan fingerprint density at radius 2 is 1.94 bits per heavy atom. The first-order chi connectivity index (χ1) is 16.0. The van der Waals surface area contributed by atoms with Gasteiger partial charge >= 0.3 is 12.1 Å². The van der Waals surface area contributed by atoms with E-state index in [0.717, 1.165) is 37.6 Å². The van der Waals surface area contributed by atoms with Gasteiger partial charge in [-0.1, -0.05) is 19.9 Å². The van der Waals surface area contributed by atoms with Crippen molar-refractivity contribution in [3.8, 4) is 11.5 Å². The number of hydrogen-bond acceptors (Lipinski definition) is 6. The maximum atomic E-state index is 11.8. The molecular weight excluding hydrogens is 457 g/mol. The zero-order chi connectivity index (χ0) is 24.9. The molecule has 0 spiro atoms. The van der Waals surface area contributed by atoms with Crippen LogP contribution in [0.3, 0.4) is 0 Å². The van der Waals surface area contributed by atoms with Crippen molar-refractivity contribution in [2.24, 2.45) is 5.92 Å². The highest BCUT2D eigenvalue weighted by atomic mass is 19.4. The average molecular weight is 484 g/mol. The van der Waals surface area contributed by atoms with Crippen LogP contribution in [0.15, 0.2) is 30.5 Å². The summed E-state index contributed by atoms with van der Waals surface area (Å²) >= 11 is 0. The average Bonchev–Trinajstić information content (AvgIpc) is 3.42. The van der Waals surface area contributed by atoms with Gasteiger partial charge in [0.05, 0.1) is 11.7 Å². The summed E-state index contributed by atoms with van der Waals surface area (Å²) < 4.78 is 44.7. The highest BCUT2D eigenvalue weighted by Crippen LogP contribution is 2.33. The molecule has 0 saturated heterocycles. The Hall–Kier alpha value is -3.28. The molecule has 1 amide bonds. The number of hydrogen-bond donors (Lipinski definition) is 2. The van der Waals surface area contributed by atoms with E-state index in [0.29, 0.717) is 13.3 Å². The number of fused-ring (bicyclic) bond motifs is 2. The van der Waals surface area contributed by atoms with Gasteiger partial charge < -0.3 is 19.9 Å². The number of ether oxygens (including phenoxy) is 2. The quantitative estimate of drug-likeness (QED) is 0.649. The van der Waals surface area contributed by atoms with Crippen molar-refractivity contribution in [2.45, 2.75) is 45.6 Å². The molecule has 2 aliphatic heterocycles. The minimum Gasteiger partial charge on any atom is -0.475 e. The molecule has 186 valence electrons. The van der Waals surface area contributed by atoms with Crippen molar-refractivity contribution < 1.29 is 37.3 Å². The molecule has 3 heterocycles. The van der Waals surface area contributed by atoms with Gasteiger partial charge in [-0.3, -0.25) is 14.4 Å². The third-order valence-corrected chi connectivity index (χ3v) is 5.34. The molecule has 1 aromatic carbocycles. The number of rotatable bonds is 6. The van der Waals surface area contributed by atoms with Crippen LogP contribution in [-0.4, -0.2) is 57.7 Å². The van der Waals surface area contributed by atoms with Crippen molar-refractivity contribution in [2.75, 3.05) is 19.9 Å². The van der Waals surface area contributed by atoms with E-state index in [1.807, 2.05) is 26.1 Å². The molecule has 12 heteroatoms. The molecule has 0 radical (unpaired) electrons. The summed E-state index contributed by atoms with van der Waals surface area (Å²) in [6, 6.07) is 8.46. The van der Waals surface area contributed by atoms with Crippen molar-refractivity contribution in [1.82, 2.24) is 20.0 Å². The van der Waals surface area contributed by atoms with E-state index in [2.05, 4.69) is 38.2 Å². The number of amides is 1. The standard InChI is InChI=1S/C20H26N4O3.C2HF3O2/c1-14(2)20(25)21-7-5-16-11-23(12-17-6-8-22-24(16)17)10-15-3-4-18-19(9-15)27-13-26-18;3-2(4,5)1(6)7/h3-4,6,8-9,14,16H,5,7,10-13H2,1-2H3,(H,21,25);(H,6,7). The Bertz CT molecular complexity index is 1010. The molecule has 2 aromatic rings. The van der Waals surface area contributed by atoms with E-state index in [-0.39, 0.29) is 17.9 Å². The first-order valence-electron chi connectivity index (χ1n) is 10.8. The number of nitrogens with zero attached hydrogens (tertiary/aromatic N) is 3. The Morgan fingerprint density at radius 1 is 1.24 bits per heavy atom. The number of nitrogens with one attached hydrogen (secondary N) is 1. The second kappa shape index (κ2) is 10.8. The van der Waals surface area contributed by atoms with Gasteiger partial charge in [0.25, 0.3) is 0 Å². The van der Waals surface area contributed by atoms with Crippen molar-refractivity contribution in [3.63, 3.8) is 0 Å². The van der Waals surface area contributed by atoms with Crippen LogP contribution >= 0.6 is 0 Å². The molecule has 1 unspecified atom stereocenters. The summed E-state index contributed by atoms with van der Waals surface area (Å²) in [6.45, 7) is 7.40. The zero-order valence-corrected chi connectivity index (χ0v) is 18.8. The largest absolute Gasteiger partial charge is 0.490 e. The summed E-state index contributed by atoms with van der Waals surface area (Å²) in [5.41, 5.74) is 2.42. The monoisotopic (exact) mass is 484 g/mol. The second-order valence-corrected chi connectivity index (χ2v) is 8.32. The van der Waals surface area contributed by atoms with E-state index in [1.165, 1.54) is 11.3 Å². The predicted octanol–water partition coefficient (Wildman–Crippen LogP) is 2.96. The van der Waals surface area contributed by atoms with Crippen LogP contribution in [-0.2, 0) is 22.7 Å². The first-order valence-corrected chi connectivity index (χ1v) is 10.8. The molecule has 0 saturated carbocycles. The highest BCUT2D eigenvalue weighted by molar-refractivity contribution is 5.77. The van der Waals surface area contributed by atoms with Gasteiger partial charge in [-0.05, 0) is 30.2 Å². The van der Waals surface area contributed by atoms with Crippen LogP contribution in [0.2, 0.25) is 0 Å². The highest BCUT2D eigenvalue weighted by Gasteiger charge is 2.38. The second-order valence-electron chi connectivity index (χ2n) is 8.32. The smallest absolute Gasteiger partial charge is 0.475 e. The normalized spacial score (nSPS) is 17.1. The molecule has 1 aromatic heterocycles. The number of aliphatic carboxylic acids is 1. The Balaban J connectivity index is 0.000000406. The topological polar surface area (TPSA) is 106 Å². The third kappa shape index (κ3) is 6.62. The van der Waals surface area contributed by atoms with Crippen LogP contribution in [0.5, 0.6) is 11.5 Å². The van der Waals surface area contributed by atoms with E-state index >= 15 is 0 Å². The van der Waals surface area contributed by atoms with Crippen LogP contribution in [0, 0.1) is 5.92 Å². The number of halogens is 3. The van der Waals surface area contributed by atoms with Gasteiger partial charge in [-0.15, -0.1) is 0 Å². The van der Waals surface area contributed by atoms with E-state index in [9.17, 15) is 18.0 Å². The van der Waals surface area contributed by atoms with Crippen molar-refractivity contribution >= 4 is 11.9 Å². The number of carboxylic acid groups (broad SMARTS) is 1. The van der Waals surface area contributed by atoms with E-state index < -0.39 is 12.1 Å². The lowest BCUT2D eigenvalue weighted by Crippen LogP contribution is -2.39. The summed E-state index contributed by atoms with van der Waals surface area (Å²) in [5, 5.41) is 14.6. The minimum atomic E-state index is -5.08. The summed E-state index contributed by atoms with van der Waals surface area (Å²) in [4.78, 5) is 23.1. The lowest BCUT2D eigenvalue weighted by molar-refractivity contribution is -0.192. The van der Waals surface area contributed by atoms with Gasteiger partial charge in [-0.25, -0.2) is 4.79 Å². The van der Waals surface area contributed by atoms with Crippen LogP contribution in [0.4, 0.5) is 13.2 Å². The molecule has 1 atom stereocenters. The van der Waals surface area contributed by atoms with Crippen LogP contribution < -0.4 is 14.8 Å². The maximum absolute atomic E-state index is 11.8. The predicted molar refractivity (Wildman–Crippen MR) is 114 cm³/mol. The number of alkyl halides is 3. The van der Waals surface area contributed by atoms with Gasteiger partial charge in [0.2, 0.25) is 12.7 Å². The Morgan fingerprint density at radius 3 is 2.62 bits per heavy atom. The molecule has 0 fully saturated rings. The molecule has 2 aliphatic rings. The van der Waals surface area contributed by atoms with Crippen molar-refractivity contribution in [3.05, 3.63) is 41.7 Å². The lowest BCUT2D eigenvalue weighted by Gasteiger charge is -2.34. The van der Waals surface area contributed by atoms with Gasteiger partial charge in [0, 0.05) is 38.3 Å². The van der Waals surface area contributed by atoms with Gasteiger partial charge in [0.1, 0.15) is 0 Å². The zero-order valence-electron chi connectivity index (χ0n) is 18.8. The number of benzene rings is 1. The maximum Gasteiger partial charge on any atom is 0.490 e. The minimum absolute atomic E-state index is 0.0131. The third-order valence-electron chi connectivity index (χ3n) is 5.34. The number of carbonyl (C=O) groups excluding carboxylic acids is 1. The first kappa shape index (κ1) is 25.3. The fourth-order valence-electron chi connectivity index (χ4n) is 3.66. The molecule has 4 rings (SSSR count). The summed E-state index contributed by atoms with van der Waals surface area (Å²) in [7, 11) is 0. The number of carbonyl (C=O) groups is 2. The fraction of sp³-hybridized carbons (Fsp3) is 0.500. The van der Waals surface area contributed by atoms with Crippen LogP contribution in [0.1, 0.15) is 37.6 Å². The van der Waals surface area contributed by atoms with Gasteiger partial charge in [0.15, 0.2) is 11.5 Å². The van der Waals surface area contributed by atoms with E-state index in [1.54, 1.807) is 0 Å². The molecule has 2 N–H and O–H groups in total. The molecule has 9 nitrogen and oxygen atoms in total. The number of carboxylic acids is 1.